The van der Waals surface area contributed by atoms with Crippen LogP contribution in [0.1, 0.15) is 43.2 Å². The van der Waals surface area contributed by atoms with Gasteiger partial charge in [-0.3, -0.25) is 9.69 Å². The number of nitrogens with zero attached hydrogens (tertiary/aromatic N) is 1. The Hall–Kier alpha value is -2.63. The monoisotopic (exact) mass is 463 g/mol. The van der Waals surface area contributed by atoms with E-state index in [1.54, 1.807) is 11.3 Å². The summed E-state index contributed by atoms with van der Waals surface area (Å²) in [5, 5.41) is 4.30. The molecular weight excluding hydrogens is 430 g/mol. The maximum Gasteiger partial charge on any atom is 0.305 e. The maximum absolute atomic E-state index is 11.4. The van der Waals surface area contributed by atoms with Crippen molar-refractivity contribution < 1.29 is 14.3 Å². The molecule has 0 spiro atoms. The van der Waals surface area contributed by atoms with Gasteiger partial charge in [0.25, 0.3) is 0 Å². The lowest BCUT2D eigenvalue weighted by Gasteiger charge is -2.35. The molecule has 0 saturated carbocycles. The van der Waals surface area contributed by atoms with Crippen LogP contribution in [0, 0.1) is 0 Å². The fourth-order valence-electron chi connectivity index (χ4n) is 4.45. The number of methoxy groups -OCH3 is 1. The Morgan fingerprint density at radius 1 is 1.00 bits per heavy atom. The lowest BCUT2D eigenvalue weighted by atomic mass is 10.0. The number of carbonyl (C=O) groups is 1. The van der Waals surface area contributed by atoms with E-state index < -0.39 is 0 Å². The molecule has 4 rings (SSSR count). The summed E-state index contributed by atoms with van der Waals surface area (Å²) in [6, 6.07) is 19.9. The summed E-state index contributed by atoms with van der Waals surface area (Å²) in [5.74, 6) is 0.796. The van der Waals surface area contributed by atoms with Crippen LogP contribution in [0.3, 0.4) is 0 Å². The molecule has 0 amide bonds. The molecule has 1 atom stereocenters. The van der Waals surface area contributed by atoms with Crippen molar-refractivity contribution in [2.24, 2.45) is 0 Å². The molecule has 1 aliphatic heterocycles. The van der Waals surface area contributed by atoms with Crippen LogP contribution < -0.4 is 4.74 Å². The Kier molecular flexibility index (Phi) is 8.56. The number of carbonyl (C=O) groups excluding carboxylic acids is 1. The molecule has 2 heterocycles. The van der Waals surface area contributed by atoms with E-state index in [2.05, 4.69) is 70.3 Å². The van der Waals surface area contributed by atoms with Crippen LogP contribution in [0.15, 0.2) is 65.4 Å². The second-order valence-corrected chi connectivity index (χ2v) is 9.49. The summed E-state index contributed by atoms with van der Waals surface area (Å²) in [4.78, 5) is 13.9. The lowest BCUT2D eigenvalue weighted by Crippen LogP contribution is -2.43. The molecule has 0 bridgehead atoms. The number of hydrogen-bond acceptors (Lipinski definition) is 5. The van der Waals surface area contributed by atoms with Gasteiger partial charge in [-0.2, -0.15) is 11.3 Å². The molecule has 1 saturated heterocycles. The molecule has 4 nitrogen and oxygen atoms in total. The molecule has 1 aromatic heterocycles. The number of thiophene rings is 1. The molecule has 33 heavy (non-hydrogen) atoms. The van der Waals surface area contributed by atoms with Crippen LogP contribution in [-0.4, -0.2) is 43.7 Å². The normalized spacial score (nSPS) is 16.5. The van der Waals surface area contributed by atoms with Gasteiger partial charge in [-0.15, -0.1) is 0 Å². The first-order valence-electron chi connectivity index (χ1n) is 11.9. The third kappa shape index (κ3) is 6.92. The van der Waals surface area contributed by atoms with E-state index in [1.807, 2.05) is 0 Å². The zero-order valence-corrected chi connectivity index (χ0v) is 20.2. The van der Waals surface area contributed by atoms with Crippen molar-refractivity contribution in [1.29, 1.82) is 0 Å². The van der Waals surface area contributed by atoms with Crippen molar-refractivity contribution in [3.8, 4) is 16.9 Å². The molecule has 0 radical (unpaired) electrons. The van der Waals surface area contributed by atoms with Gasteiger partial charge in [-0.05, 0) is 90.0 Å². The first-order valence-corrected chi connectivity index (χ1v) is 12.8. The fourth-order valence-corrected chi connectivity index (χ4v) is 5.11. The minimum atomic E-state index is -0.127. The highest BCUT2D eigenvalue weighted by Crippen LogP contribution is 2.24. The van der Waals surface area contributed by atoms with Crippen LogP contribution >= 0.6 is 11.3 Å². The number of piperidine rings is 1. The summed E-state index contributed by atoms with van der Waals surface area (Å²) in [7, 11) is 1.45. The number of benzene rings is 2. The average molecular weight is 464 g/mol. The second kappa shape index (κ2) is 12.0. The highest BCUT2D eigenvalue weighted by molar-refractivity contribution is 7.08. The van der Waals surface area contributed by atoms with Gasteiger partial charge in [-0.1, -0.05) is 42.8 Å². The molecule has 2 aromatic carbocycles. The zero-order chi connectivity index (χ0) is 22.9. The topological polar surface area (TPSA) is 38.8 Å². The van der Waals surface area contributed by atoms with Crippen molar-refractivity contribution in [3.63, 3.8) is 0 Å². The van der Waals surface area contributed by atoms with E-state index in [4.69, 9.17) is 9.47 Å². The SMILES string of the molecule is COC(=O)CCCN1CCCCC1COc1ccc(Cc2ccc(-c3ccsc3)cc2)cc1. The Labute approximate surface area is 201 Å². The van der Waals surface area contributed by atoms with E-state index in [1.165, 1.54) is 42.2 Å². The molecule has 3 aromatic rings. The van der Waals surface area contributed by atoms with E-state index in [9.17, 15) is 4.79 Å². The molecular formula is C28H33NO3S. The molecule has 174 valence electrons. The fraction of sp³-hybridized carbons (Fsp3) is 0.393. The Morgan fingerprint density at radius 2 is 1.76 bits per heavy atom. The molecule has 1 aliphatic rings. The smallest absolute Gasteiger partial charge is 0.305 e. The summed E-state index contributed by atoms with van der Waals surface area (Å²) in [6.45, 7) is 2.70. The largest absolute Gasteiger partial charge is 0.492 e. The first kappa shape index (κ1) is 23.5. The lowest BCUT2D eigenvalue weighted by molar-refractivity contribution is -0.140. The quantitative estimate of drug-likeness (QED) is 0.336. The van der Waals surface area contributed by atoms with Gasteiger partial charge < -0.3 is 9.47 Å². The highest BCUT2D eigenvalue weighted by atomic mass is 32.1. The number of ether oxygens (including phenoxy) is 2. The van der Waals surface area contributed by atoms with Gasteiger partial charge in [0.15, 0.2) is 0 Å². The van der Waals surface area contributed by atoms with Crippen LogP contribution in [0.25, 0.3) is 11.1 Å². The van der Waals surface area contributed by atoms with Crippen molar-refractivity contribution in [2.45, 2.75) is 44.6 Å². The summed E-state index contributed by atoms with van der Waals surface area (Å²) in [6.07, 6.45) is 5.85. The molecule has 0 N–H and O–H groups in total. The predicted octanol–water partition coefficient (Wildman–Crippen LogP) is 6.19. The molecule has 1 fully saturated rings. The van der Waals surface area contributed by atoms with Gasteiger partial charge in [0.1, 0.15) is 12.4 Å². The number of esters is 1. The van der Waals surface area contributed by atoms with Gasteiger partial charge in [0.05, 0.1) is 7.11 Å². The standard InChI is InChI=1S/C28H33NO3S/c1-31-28(30)6-4-17-29-16-3-2-5-26(29)20-32-27-13-9-23(10-14-27)19-22-7-11-24(12-8-22)25-15-18-33-21-25/h7-15,18,21,26H,2-6,16-17,19-20H2,1H3. The third-order valence-corrected chi connectivity index (χ3v) is 7.07. The van der Waals surface area contributed by atoms with Gasteiger partial charge >= 0.3 is 5.97 Å². The zero-order valence-electron chi connectivity index (χ0n) is 19.4. The Bertz CT molecular complexity index is 983. The van der Waals surface area contributed by atoms with E-state index in [0.717, 1.165) is 38.1 Å². The van der Waals surface area contributed by atoms with E-state index >= 15 is 0 Å². The van der Waals surface area contributed by atoms with Crippen molar-refractivity contribution in [3.05, 3.63) is 76.5 Å². The molecule has 0 aliphatic carbocycles. The Morgan fingerprint density at radius 3 is 2.45 bits per heavy atom. The van der Waals surface area contributed by atoms with Crippen molar-refractivity contribution in [1.82, 2.24) is 4.90 Å². The minimum absolute atomic E-state index is 0.127. The first-order chi connectivity index (χ1) is 16.2. The average Bonchev–Trinajstić information content (AvgIpc) is 3.40. The number of hydrogen-bond donors (Lipinski definition) is 0. The molecule has 1 unspecified atom stereocenters. The van der Waals surface area contributed by atoms with Gasteiger partial charge in [0.2, 0.25) is 0 Å². The molecule has 5 heteroatoms. The second-order valence-electron chi connectivity index (χ2n) is 8.71. The summed E-state index contributed by atoms with van der Waals surface area (Å²) < 4.78 is 10.9. The summed E-state index contributed by atoms with van der Waals surface area (Å²) in [5.41, 5.74) is 5.15. The van der Waals surface area contributed by atoms with Crippen LogP contribution in [0.5, 0.6) is 5.75 Å². The van der Waals surface area contributed by atoms with Crippen LogP contribution in [-0.2, 0) is 16.0 Å². The number of likely N-dealkylation sites (tertiary alicyclic amines) is 1. The maximum atomic E-state index is 11.4. The van der Waals surface area contributed by atoms with Gasteiger partial charge in [-0.25, -0.2) is 0 Å². The van der Waals surface area contributed by atoms with E-state index in [-0.39, 0.29) is 5.97 Å². The number of rotatable bonds is 10. The predicted molar refractivity (Wildman–Crippen MR) is 135 cm³/mol. The van der Waals surface area contributed by atoms with Gasteiger partial charge in [0, 0.05) is 12.5 Å². The Balaban J connectivity index is 1.26. The van der Waals surface area contributed by atoms with E-state index in [0.29, 0.717) is 19.1 Å². The van der Waals surface area contributed by atoms with Crippen LogP contribution in [0.2, 0.25) is 0 Å². The minimum Gasteiger partial charge on any atom is -0.492 e. The highest BCUT2D eigenvalue weighted by Gasteiger charge is 2.22. The van der Waals surface area contributed by atoms with Crippen molar-refractivity contribution in [2.75, 3.05) is 26.8 Å². The van der Waals surface area contributed by atoms with Crippen LogP contribution in [0.4, 0.5) is 0 Å². The van der Waals surface area contributed by atoms with Crippen molar-refractivity contribution >= 4 is 17.3 Å². The summed E-state index contributed by atoms with van der Waals surface area (Å²) >= 11 is 1.73. The third-order valence-electron chi connectivity index (χ3n) is 6.39.